The van der Waals surface area contributed by atoms with Gasteiger partial charge in [-0.1, -0.05) is 18.2 Å². The third-order valence-corrected chi connectivity index (χ3v) is 2.83. The Morgan fingerprint density at radius 2 is 2.00 bits per heavy atom. The zero-order chi connectivity index (χ0) is 12.3. The van der Waals surface area contributed by atoms with Gasteiger partial charge in [0.15, 0.2) is 0 Å². The van der Waals surface area contributed by atoms with Gasteiger partial charge in [-0.25, -0.2) is 4.98 Å². The van der Waals surface area contributed by atoms with E-state index in [1.165, 1.54) is 0 Å². The number of aromatic hydroxyl groups is 1. The number of benzene rings is 1. The molecule has 0 aliphatic rings. The molecule has 2 rings (SSSR count). The van der Waals surface area contributed by atoms with Crippen LogP contribution in [0.1, 0.15) is 37.3 Å². The highest BCUT2D eigenvalue weighted by Crippen LogP contribution is 2.25. The van der Waals surface area contributed by atoms with Crippen molar-refractivity contribution in [2.24, 2.45) is 0 Å². The Hall–Kier alpha value is -1.81. The molecule has 1 aromatic carbocycles. The fourth-order valence-corrected chi connectivity index (χ4v) is 1.91. The third kappa shape index (κ3) is 2.65. The van der Waals surface area contributed by atoms with Gasteiger partial charge in [-0.3, -0.25) is 0 Å². The Morgan fingerprint density at radius 3 is 2.65 bits per heavy atom. The second-order valence-corrected chi connectivity index (χ2v) is 4.14. The monoisotopic (exact) mass is 231 g/mol. The molecule has 2 atom stereocenters. The number of imidazole rings is 1. The molecule has 0 aliphatic heterocycles. The molecule has 0 saturated carbocycles. The van der Waals surface area contributed by atoms with Crippen LogP contribution in [-0.4, -0.2) is 15.1 Å². The summed E-state index contributed by atoms with van der Waals surface area (Å²) in [7, 11) is 0. The Morgan fingerprint density at radius 1 is 1.24 bits per heavy atom. The average Bonchev–Trinajstić information content (AvgIpc) is 2.82. The van der Waals surface area contributed by atoms with Crippen LogP contribution in [0.2, 0.25) is 0 Å². The second-order valence-electron chi connectivity index (χ2n) is 4.14. The van der Waals surface area contributed by atoms with E-state index < -0.39 is 0 Å². The number of hydrogen-bond donors (Lipinski definition) is 3. The number of para-hydroxylation sites is 1. The Balaban J connectivity index is 2.07. The van der Waals surface area contributed by atoms with Crippen LogP contribution in [0.25, 0.3) is 0 Å². The SMILES string of the molecule is CC(NC(C)c1ccccc1O)c1ncc[nH]1. The first-order valence-electron chi connectivity index (χ1n) is 5.71. The zero-order valence-corrected chi connectivity index (χ0v) is 10.0. The molecule has 17 heavy (non-hydrogen) atoms. The van der Waals surface area contributed by atoms with E-state index in [9.17, 15) is 5.11 Å². The van der Waals surface area contributed by atoms with Crippen molar-refractivity contribution in [3.05, 3.63) is 48.0 Å². The Labute approximate surface area is 101 Å². The number of H-pyrrole nitrogens is 1. The number of aromatic amines is 1. The van der Waals surface area contributed by atoms with Gasteiger partial charge in [-0.2, -0.15) is 0 Å². The molecule has 0 spiro atoms. The van der Waals surface area contributed by atoms with E-state index in [1.54, 1.807) is 18.5 Å². The second kappa shape index (κ2) is 5.01. The van der Waals surface area contributed by atoms with Crippen LogP contribution >= 0.6 is 0 Å². The Kier molecular flexibility index (Phi) is 3.44. The molecule has 1 heterocycles. The maximum absolute atomic E-state index is 9.76. The molecule has 0 amide bonds. The van der Waals surface area contributed by atoms with Crippen LogP contribution in [0.4, 0.5) is 0 Å². The lowest BCUT2D eigenvalue weighted by atomic mass is 10.1. The molecule has 4 heteroatoms. The van der Waals surface area contributed by atoms with Crippen molar-refractivity contribution < 1.29 is 5.11 Å². The number of phenolic OH excluding ortho intramolecular Hbond substituents is 1. The van der Waals surface area contributed by atoms with Crippen molar-refractivity contribution in [2.75, 3.05) is 0 Å². The molecule has 0 radical (unpaired) electrons. The summed E-state index contributed by atoms with van der Waals surface area (Å²) in [5, 5.41) is 13.1. The molecule has 3 N–H and O–H groups in total. The fraction of sp³-hybridized carbons (Fsp3) is 0.308. The van der Waals surface area contributed by atoms with Crippen LogP contribution in [0.3, 0.4) is 0 Å². The van der Waals surface area contributed by atoms with Crippen molar-refractivity contribution in [3.63, 3.8) is 0 Å². The number of nitrogens with one attached hydrogen (secondary N) is 2. The summed E-state index contributed by atoms with van der Waals surface area (Å²) in [6.45, 7) is 4.06. The minimum Gasteiger partial charge on any atom is -0.508 e. The van der Waals surface area contributed by atoms with Gasteiger partial charge >= 0.3 is 0 Å². The molecular formula is C13H17N3O. The van der Waals surface area contributed by atoms with Gasteiger partial charge in [0.2, 0.25) is 0 Å². The number of rotatable bonds is 4. The number of phenols is 1. The molecule has 0 saturated heterocycles. The predicted molar refractivity (Wildman–Crippen MR) is 66.7 cm³/mol. The Bertz CT molecular complexity index is 467. The van der Waals surface area contributed by atoms with E-state index in [1.807, 2.05) is 32.0 Å². The van der Waals surface area contributed by atoms with Crippen LogP contribution < -0.4 is 5.32 Å². The third-order valence-electron chi connectivity index (χ3n) is 2.83. The topological polar surface area (TPSA) is 60.9 Å². The summed E-state index contributed by atoms with van der Waals surface area (Å²) in [4.78, 5) is 7.28. The van der Waals surface area contributed by atoms with E-state index in [0.29, 0.717) is 5.75 Å². The smallest absolute Gasteiger partial charge is 0.122 e. The summed E-state index contributed by atoms with van der Waals surface area (Å²) in [5.74, 6) is 1.21. The van der Waals surface area contributed by atoms with Crippen LogP contribution in [0.15, 0.2) is 36.7 Å². The van der Waals surface area contributed by atoms with Crippen LogP contribution in [0.5, 0.6) is 5.75 Å². The molecule has 2 aromatic rings. The summed E-state index contributed by atoms with van der Waals surface area (Å²) in [6, 6.07) is 7.54. The van der Waals surface area contributed by atoms with Gasteiger partial charge in [0.05, 0.1) is 6.04 Å². The number of nitrogens with zero attached hydrogens (tertiary/aromatic N) is 1. The van der Waals surface area contributed by atoms with Gasteiger partial charge < -0.3 is 15.4 Å². The summed E-state index contributed by atoms with van der Waals surface area (Å²) in [5.41, 5.74) is 0.894. The summed E-state index contributed by atoms with van der Waals surface area (Å²) < 4.78 is 0. The lowest BCUT2D eigenvalue weighted by Gasteiger charge is -2.19. The first-order valence-corrected chi connectivity index (χ1v) is 5.71. The predicted octanol–water partition coefficient (Wildman–Crippen LogP) is 2.53. The standard InChI is InChI=1S/C13H17N3O/c1-9(11-5-3-4-6-12(11)17)16-10(2)13-14-7-8-15-13/h3-10,16-17H,1-2H3,(H,14,15). The average molecular weight is 231 g/mol. The van der Waals surface area contributed by atoms with Crippen molar-refractivity contribution >= 4 is 0 Å². The first-order chi connectivity index (χ1) is 8.18. The van der Waals surface area contributed by atoms with Gasteiger partial charge in [-0.15, -0.1) is 0 Å². The van der Waals surface area contributed by atoms with Gasteiger partial charge in [0.1, 0.15) is 11.6 Å². The molecule has 1 aromatic heterocycles. The van der Waals surface area contributed by atoms with E-state index in [0.717, 1.165) is 11.4 Å². The van der Waals surface area contributed by atoms with E-state index in [2.05, 4.69) is 15.3 Å². The first kappa shape index (κ1) is 11.7. The van der Waals surface area contributed by atoms with E-state index in [-0.39, 0.29) is 12.1 Å². The molecule has 0 fully saturated rings. The van der Waals surface area contributed by atoms with Crippen molar-refractivity contribution in [1.29, 1.82) is 0 Å². The largest absolute Gasteiger partial charge is 0.508 e. The lowest BCUT2D eigenvalue weighted by molar-refractivity contribution is 0.434. The van der Waals surface area contributed by atoms with E-state index in [4.69, 9.17) is 0 Å². The molecule has 90 valence electrons. The maximum atomic E-state index is 9.76. The highest BCUT2D eigenvalue weighted by molar-refractivity contribution is 5.34. The maximum Gasteiger partial charge on any atom is 0.122 e. The van der Waals surface area contributed by atoms with Crippen molar-refractivity contribution in [1.82, 2.24) is 15.3 Å². The molecular weight excluding hydrogens is 214 g/mol. The fourth-order valence-electron chi connectivity index (χ4n) is 1.91. The zero-order valence-electron chi connectivity index (χ0n) is 10.0. The van der Waals surface area contributed by atoms with Crippen LogP contribution in [-0.2, 0) is 0 Å². The highest BCUT2D eigenvalue weighted by atomic mass is 16.3. The van der Waals surface area contributed by atoms with Crippen LogP contribution in [0, 0.1) is 0 Å². The van der Waals surface area contributed by atoms with Crippen molar-refractivity contribution in [2.45, 2.75) is 25.9 Å². The molecule has 0 bridgehead atoms. The normalized spacial score (nSPS) is 14.5. The lowest BCUT2D eigenvalue weighted by Crippen LogP contribution is -2.23. The minimum atomic E-state index is 0.0660. The quantitative estimate of drug-likeness (QED) is 0.757. The van der Waals surface area contributed by atoms with E-state index >= 15 is 0 Å². The number of hydrogen-bond acceptors (Lipinski definition) is 3. The highest BCUT2D eigenvalue weighted by Gasteiger charge is 2.14. The van der Waals surface area contributed by atoms with Gasteiger partial charge in [0.25, 0.3) is 0 Å². The molecule has 2 unspecified atom stereocenters. The van der Waals surface area contributed by atoms with Gasteiger partial charge in [0, 0.05) is 24.0 Å². The minimum absolute atomic E-state index is 0.0660. The summed E-state index contributed by atoms with van der Waals surface area (Å²) >= 11 is 0. The van der Waals surface area contributed by atoms with Gasteiger partial charge in [-0.05, 0) is 19.9 Å². The molecule has 0 aliphatic carbocycles. The summed E-state index contributed by atoms with van der Waals surface area (Å²) in [6.07, 6.45) is 3.54. The molecule has 4 nitrogen and oxygen atoms in total. The van der Waals surface area contributed by atoms with Crippen molar-refractivity contribution in [3.8, 4) is 5.75 Å². The number of aromatic nitrogens is 2.